The lowest BCUT2D eigenvalue weighted by Gasteiger charge is -2.19. The Kier molecular flexibility index (Phi) is 4.73. The number of fused-ring (bicyclic) bond motifs is 1. The molecule has 1 aliphatic rings. The summed E-state index contributed by atoms with van der Waals surface area (Å²) in [5, 5.41) is 6.53. The lowest BCUT2D eigenvalue weighted by Crippen LogP contribution is -2.20. The summed E-state index contributed by atoms with van der Waals surface area (Å²) in [4.78, 5) is 0. The number of nitrogens with one attached hydrogen (secondary N) is 2. The molecular weight excluding hydrogens is 209 g/mol. The van der Waals surface area contributed by atoms with E-state index in [0.717, 1.165) is 30.2 Å². The summed E-state index contributed by atoms with van der Waals surface area (Å²) in [6.45, 7) is 1.95. The van der Waals surface area contributed by atoms with Crippen LogP contribution in [0.1, 0.15) is 0 Å². The third kappa shape index (κ3) is 2.57. The molecule has 0 saturated carbocycles. The zero-order chi connectivity index (χ0) is 7.68. The molecule has 1 heterocycles. The van der Waals surface area contributed by atoms with Crippen molar-refractivity contribution in [3.8, 4) is 0 Å². The molecule has 74 valence electrons. The van der Waals surface area contributed by atoms with Crippen molar-refractivity contribution in [2.75, 3.05) is 29.5 Å². The number of nitrogens with two attached hydrogens (primary N) is 1. The number of halogens is 2. The van der Waals surface area contributed by atoms with Crippen LogP contribution in [-0.4, -0.2) is 13.1 Å². The number of benzene rings is 1. The minimum atomic E-state index is 0. The van der Waals surface area contributed by atoms with E-state index in [1.54, 1.807) is 0 Å². The Morgan fingerprint density at radius 1 is 1.00 bits per heavy atom. The Balaban J connectivity index is 0.000000720. The summed E-state index contributed by atoms with van der Waals surface area (Å²) in [6.07, 6.45) is 0. The van der Waals surface area contributed by atoms with E-state index in [1.165, 1.54) is 0 Å². The fourth-order valence-corrected chi connectivity index (χ4v) is 1.26. The smallest absolute Gasteiger partial charge is 0.0597 e. The van der Waals surface area contributed by atoms with Gasteiger partial charge in [-0.05, 0) is 18.2 Å². The zero-order valence-electron chi connectivity index (χ0n) is 7.04. The van der Waals surface area contributed by atoms with Gasteiger partial charge in [0.25, 0.3) is 0 Å². The van der Waals surface area contributed by atoms with Gasteiger partial charge in [0.2, 0.25) is 0 Å². The molecule has 0 aliphatic carbocycles. The molecular formula is C8H13Cl2N3. The van der Waals surface area contributed by atoms with Gasteiger partial charge in [-0.1, -0.05) is 0 Å². The first-order valence-electron chi connectivity index (χ1n) is 3.73. The highest BCUT2D eigenvalue weighted by Gasteiger charge is 2.05. The molecule has 4 N–H and O–H groups in total. The van der Waals surface area contributed by atoms with Gasteiger partial charge in [-0.25, -0.2) is 0 Å². The second-order valence-electron chi connectivity index (χ2n) is 2.66. The predicted molar refractivity (Wildman–Crippen MR) is 62.3 cm³/mol. The molecule has 0 radical (unpaired) electrons. The molecule has 5 heteroatoms. The Labute approximate surface area is 89.9 Å². The highest BCUT2D eigenvalue weighted by Crippen LogP contribution is 2.25. The minimum absolute atomic E-state index is 0. The summed E-state index contributed by atoms with van der Waals surface area (Å²) >= 11 is 0. The highest BCUT2D eigenvalue weighted by molar-refractivity contribution is 5.85. The molecule has 0 spiro atoms. The quantitative estimate of drug-likeness (QED) is 0.588. The van der Waals surface area contributed by atoms with Crippen LogP contribution in [0.15, 0.2) is 18.2 Å². The van der Waals surface area contributed by atoms with E-state index < -0.39 is 0 Å². The third-order valence-electron chi connectivity index (χ3n) is 1.80. The van der Waals surface area contributed by atoms with Gasteiger partial charge < -0.3 is 16.4 Å². The second kappa shape index (κ2) is 5.04. The summed E-state index contributed by atoms with van der Waals surface area (Å²) in [5.74, 6) is 0. The molecule has 0 bridgehead atoms. The van der Waals surface area contributed by atoms with Crippen molar-refractivity contribution in [2.45, 2.75) is 0 Å². The molecule has 0 atom stereocenters. The lowest BCUT2D eigenvalue weighted by molar-refractivity contribution is 1.05. The van der Waals surface area contributed by atoms with E-state index in [-0.39, 0.29) is 24.8 Å². The largest absolute Gasteiger partial charge is 0.399 e. The first-order chi connectivity index (χ1) is 5.36. The van der Waals surface area contributed by atoms with E-state index >= 15 is 0 Å². The molecule has 2 rings (SSSR count). The second-order valence-corrected chi connectivity index (χ2v) is 2.66. The summed E-state index contributed by atoms with van der Waals surface area (Å²) in [6, 6.07) is 5.84. The number of anilines is 3. The monoisotopic (exact) mass is 221 g/mol. The van der Waals surface area contributed by atoms with Crippen molar-refractivity contribution in [1.29, 1.82) is 0 Å². The topological polar surface area (TPSA) is 50.1 Å². The van der Waals surface area contributed by atoms with Crippen molar-refractivity contribution < 1.29 is 0 Å². The van der Waals surface area contributed by atoms with Gasteiger partial charge in [-0.3, -0.25) is 0 Å². The Bertz CT molecular complexity index is 278. The lowest BCUT2D eigenvalue weighted by atomic mass is 10.2. The van der Waals surface area contributed by atoms with E-state index in [4.69, 9.17) is 5.73 Å². The first kappa shape index (κ1) is 12.2. The van der Waals surface area contributed by atoms with Crippen LogP contribution < -0.4 is 16.4 Å². The Morgan fingerprint density at radius 2 is 1.62 bits per heavy atom. The van der Waals surface area contributed by atoms with Crippen LogP contribution >= 0.6 is 24.8 Å². The molecule has 13 heavy (non-hydrogen) atoms. The molecule has 0 amide bonds. The molecule has 0 saturated heterocycles. The molecule has 1 aromatic carbocycles. The molecule has 1 aliphatic heterocycles. The summed E-state index contributed by atoms with van der Waals surface area (Å²) in [5.41, 5.74) is 8.67. The zero-order valence-corrected chi connectivity index (χ0v) is 8.67. The standard InChI is InChI=1S/C8H11N3.2ClH/c9-6-1-2-7-8(5-6)11-4-3-10-7;;/h1-2,5,10-11H,3-4,9H2;2*1H. The van der Waals surface area contributed by atoms with Gasteiger partial charge in [-0.15, -0.1) is 24.8 Å². The number of nitrogen functional groups attached to an aromatic ring is 1. The van der Waals surface area contributed by atoms with Crippen LogP contribution in [0.4, 0.5) is 17.1 Å². The average Bonchev–Trinajstić information content (AvgIpc) is 2.04. The number of hydrogen-bond donors (Lipinski definition) is 3. The summed E-state index contributed by atoms with van der Waals surface area (Å²) in [7, 11) is 0. The van der Waals surface area contributed by atoms with E-state index in [1.807, 2.05) is 18.2 Å². The van der Waals surface area contributed by atoms with Crippen molar-refractivity contribution in [3.05, 3.63) is 18.2 Å². The SMILES string of the molecule is Cl.Cl.Nc1ccc2c(c1)NCCN2. The fraction of sp³-hybridized carbons (Fsp3) is 0.250. The average molecular weight is 222 g/mol. The van der Waals surface area contributed by atoms with Crippen LogP contribution in [0.3, 0.4) is 0 Å². The normalized spacial score (nSPS) is 12.3. The van der Waals surface area contributed by atoms with Crippen LogP contribution in [-0.2, 0) is 0 Å². The maximum absolute atomic E-state index is 5.61. The molecule has 0 aromatic heterocycles. The maximum atomic E-state index is 5.61. The molecule has 1 aromatic rings. The number of hydrogen-bond acceptors (Lipinski definition) is 3. The Hall–Kier alpha value is -0.800. The molecule has 0 fully saturated rings. The van der Waals surface area contributed by atoms with Gasteiger partial charge >= 0.3 is 0 Å². The van der Waals surface area contributed by atoms with E-state index in [9.17, 15) is 0 Å². The minimum Gasteiger partial charge on any atom is -0.399 e. The van der Waals surface area contributed by atoms with Gasteiger partial charge in [-0.2, -0.15) is 0 Å². The van der Waals surface area contributed by atoms with Crippen LogP contribution in [0.2, 0.25) is 0 Å². The highest BCUT2D eigenvalue weighted by atomic mass is 35.5. The first-order valence-corrected chi connectivity index (χ1v) is 3.73. The third-order valence-corrected chi connectivity index (χ3v) is 1.80. The van der Waals surface area contributed by atoms with Crippen molar-refractivity contribution in [1.82, 2.24) is 0 Å². The van der Waals surface area contributed by atoms with Crippen molar-refractivity contribution in [3.63, 3.8) is 0 Å². The van der Waals surface area contributed by atoms with Crippen molar-refractivity contribution in [2.24, 2.45) is 0 Å². The maximum Gasteiger partial charge on any atom is 0.0597 e. The molecule has 3 nitrogen and oxygen atoms in total. The van der Waals surface area contributed by atoms with Gasteiger partial charge in [0.1, 0.15) is 0 Å². The van der Waals surface area contributed by atoms with Crippen LogP contribution in [0.5, 0.6) is 0 Å². The van der Waals surface area contributed by atoms with E-state index in [2.05, 4.69) is 10.6 Å². The summed E-state index contributed by atoms with van der Waals surface area (Å²) < 4.78 is 0. The number of rotatable bonds is 0. The Morgan fingerprint density at radius 3 is 2.31 bits per heavy atom. The van der Waals surface area contributed by atoms with Gasteiger partial charge in [0.05, 0.1) is 11.4 Å². The van der Waals surface area contributed by atoms with Gasteiger partial charge in [0, 0.05) is 18.8 Å². The van der Waals surface area contributed by atoms with E-state index in [0.29, 0.717) is 0 Å². The van der Waals surface area contributed by atoms with Crippen molar-refractivity contribution >= 4 is 41.9 Å². The van der Waals surface area contributed by atoms with Crippen LogP contribution in [0, 0.1) is 0 Å². The fourth-order valence-electron chi connectivity index (χ4n) is 1.26. The van der Waals surface area contributed by atoms with Crippen LogP contribution in [0.25, 0.3) is 0 Å². The molecule has 0 unspecified atom stereocenters. The predicted octanol–water partition coefficient (Wildman–Crippen LogP) is 1.95. The van der Waals surface area contributed by atoms with Gasteiger partial charge in [0.15, 0.2) is 0 Å².